The van der Waals surface area contributed by atoms with Gasteiger partial charge in [-0.05, 0) is 0 Å². The van der Waals surface area contributed by atoms with Gasteiger partial charge in [0.1, 0.15) is 0 Å². The molecular formula is C4H10N4O2S2. The van der Waals surface area contributed by atoms with Crippen LogP contribution in [0.3, 0.4) is 0 Å². The van der Waals surface area contributed by atoms with Crippen LogP contribution < -0.4 is 22.1 Å². The number of primary amides is 2. The fraction of sp³-hybridized carbons (Fsp3) is 0.500. The number of carbonyl (C=O) groups excluding carboxylic acids is 2. The Morgan fingerprint density at radius 2 is 1.33 bits per heavy atom. The van der Waals surface area contributed by atoms with E-state index in [1.54, 1.807) is 0 Å². The van der Waals surface area contributed by atoms with E-state index in [0.29, 0.717) is 11.8 Å². The summed E-state index contributed by atoms with van der Waals surface area (Å²) in [6, 6.07) is -1.13. The minimum Gasteiger partial charge on any atom is -0.352 e. The summed E-state index contributed by atoms with van der Waals surface area (Å²) in [7, 11) is 2.72. The van der Waals surface area contributed by atoms with Crippen molar-refractivity contribution in [2.75, 3.05) is 11.8 Å². The summed E-state index contributed by atoms with van der Waals surface area (Å²) in [6.07, 6.45) is 0. The first-order valence-electron chi connectivity index (χ1n) is 2.94. The Balaban J connectivity index is 3.01. The predicted octanol–water partition coefficient (Wildman–Crippen LogP) is -0.381. The van der Waals surface area contributed by atoms with Crippen molar-refractivity contribution in [2.24, 2.45) is 11.5 Å². The lowest BCUT2D eigenvalue weighted by Gasteiger charge is -2.01. The van der Waals surface area contributed by atoms with Crippen molar-refractivity contribution in [1.29, 1.82) is 0 Å². The van der Waals surface area contributed by atoms with Crippen molar-refractivity contribution in [1.82, 2.24) is 10.6 Å². The molecule has 0 unspecified atom stereocenters. The topological polar surface area (TPSA) is 110 Å². The largest absolute Gasteiger partial charge is 0.352 e. The Kier molecular flexibility index (Phi) is 6.48. The molecule has 0 heterocycles. The number of urea groups is 2. The third kappa shape index (κ3) is 9.24. The van der Waals surface area contributed by atoms with Crippen LogP contribution in [0.4, 0.5) is 9.59 Å². The molecule has 6 N–H and O–H groups in total. The van der Waals surface area contributed by atoms with E-state index in [9.17, 15) is 9.59 Å². The highest BCUT2D eigenvalue weighted by atomic mass is 33.1. The smallest absolute Gasteiger partial charge is 0.312 e. The molecule has 4 amide bonds. The zero-order valence-corrected chi connectivity index (χ0v) is 7.83. The maximum atomic E-state index is 10.1. The minimum atomic E-state index is -0.564. The first-order chi connectivity index (χ1) is 5.63. The van der Waals surface area contributed by atoms with E-state index >= 15 is 0 Å². The van der Waals surface area contributed by atoms with Crippen molar-refractivity contribution in [3.63, 3.8) is 0 Å². The molecule has 6 nitrogen and oxygen atoms in total. The molecule has 70 valence electrons. The van der Waals surface area contributed by atoms with Gasteiger partial charge in [0.2, 0.25) is 0 Å². The normalized spacial score (nSPS) is 9.00. The van der Waals surface area contributed by atoms with Crippen LogP contribution in [-0.2, 0) is 0 Å². The van der Waals surface area contributed by atoms with E-state index in [4.69, 9.17) is 11.5 Å². The van der Waals surface area contributed by atoms with Gasteiger partial charge in [-0.3, -0.25) is 0 Å². The van der Waals surface area contributed by atoms with Crippen LogP contribution >= 0.6 is 21.6 Å². The third-order valence-corrected chi connectivity index (χ3v) is 2.59. The fourth-order valence-corrected chi connectivity index (χ4v) is 1.71. The summed E-state index contributed by atoms with van der Waals surface area (Å²) in [5.41, 5.74) is 9.59. The average molecular weight is 210 g/mol. The summed E-state index contributed by atoms with van der Waals surface area (Å²) in [4.78, 5) is 20.3. The molecule has 8 heteroatoms. The lowest BCUT2D eigenvalue weighted by molar-refractivity contribution is 0.249. The Labute approximate surface area is 77.6 Å². The zero-order chi connectivity index (χ0) is 9.40. The van der Waals surface area contributed by atoms with Crippen molar-refractivity contribution < 1.29 is 9.59 Å². The fourth-order valence-electron chi connectivity index (χ4n) is 0.285. The monoisotopic (exact) mass is 210 g/mol. The molecule has 0 aromatic rings. The van der Waals surface area contributed by atoms with Crippen LogP contribution in [0, 0.1) is 0 Å². The highest BCUT2D eigenvalue weighted by molar-refractivity contribution is 8.76. The Morgan fingerprint density at radius 3 is 1.58 bits per heavy atom. The van der Waals surface area contributed by atoms with Gasteiger partial charge in [-0.25, -0.2) is 9.59 Å². The highest BCUT2D eigenvalue weighted by Crippen LogP contribution is 2.17. The maximum Gasteiger partial charge on any atom is 0.312 e. The van der Waals surface area contributed by atoms with Crippen molar-refractivity contribution in [3.8, 4) is 0 Å². The third-order valence-electron chi connectivity index (χ3n) is 0.694. The van der Waals surface area contributed by atoms with E-state index in [2.05, 4.69) is 10.6 Å². The molecule has 0 fully saturated rings. The molecule has 12 heavy (non-hydrogen) atoms. The SMILES string of the molecule is NC(=O)NCSSCNC(N)=O. The number of hydrogen-bond acceptors (Lipinski definition) is 4. The Bertz CT molecular complexity index is 147. The van der Waals surface area contributed by atoms with Crippen LogP contribution in [0.2, 0.25) is 0 Å². The Morgan fingerprint density at radius 1 is 1.00 bits per heavy atom. The van der Waals surface area contributed by atoms with Crippen LogP contribution in [0.5, 0.6) is 0 Å². The lowest BCUT2D eigenvalue weighted by atomic mass is 11.0. The summed E-state index contributed by atoms with van der Waals surface area (Å²) < 4.78 is 0. The van der Waals surface area contributed by atoms with Crippen LogP contribution in [0.15, 0.2) is 0 Å². The molecule has 0 aromatic carbocycles. The minimum absolute atomic E-state index is 0.403. The van der Waals surface area contributed by atoms with E-state index in [0.717, 1.165) is 0 Å². The molecule has 0 saturated carbocycles. The number of carbonyl (C=O) groups is 2. The molecule has 0 aliphatic rings. The second kappa shape index (κ2) is 6.92. The average Bonchev–Trinajstić information content (AvgIpc) is 1.95. The molecule has 0 aromatic heterocycles. The van der Waals surface area contributed by atoms with E-state index in [1.807, 2.05) is 0 Å². The van der Waals surface area contributed by atoms with E-state index in [-0.39, 0.29) is 0 Å². The highest BCUT2D eigenvalue weighted by Gasteiger charge is 1.93. The molecular weight excluding hydrogens is 200 g/mol. The number of nitrogens with one attached hydrogen (secondary N) is 2. The van der Waals surface area contributed by atoms with E-state index < -0.39 is 12.1 Å². The molecule has 0 rings (SSSR count). The first-order valence-corrected chi connectivity index (χ1v) is 5.42. The summed E-state index contributed by atoms with van der Waals surface area (Å²) >= 11 is 0. The first kappa shape index (κ1) is 11.2. The summed E-state index contributed by atoms with van der Waals surface area (Å²) in [5, 5.41) is 4.74. The summed E-state index contributed by atoms with van der Waals surface area (Å²) in [5.74, 6) is 0.806. The predicted molar refractivity (Wildman–Crippen MR) is 50.4 cm³/mol. The molecule has 0 saturated heterocycles. The number of nitrogens with two attached hydrogens (primary N) is 2. The van der Waals surface area contributed by atoms with Crippen LogP contribution in [0.1, 0.15) is 0 Å². The molecule has 0 aliphatic carbocycles. The van der Waals surface area contributed by atoms with Gasteiger partial charge in [-0.2, -0.15) is 0 Å². The van der Waals surface area contributed by atoms with Crippen molar-refractivity contribution in [2.45, 2.75) is 0 Å². The molecule has 0 spiro atoms. The van der Waals surface area contributed by atoms with Gasteiger partial charge < -0.3 is 22.1 Å². The number of amides is 4. The van der Waals surface area contributed by atoms with Gasteiger partial charge >= 0.3 is 12.1 Å². The quantitative estimate of drug-likeness (QED) is 0.281. The summed E-state index contributed by atoms with van der Waals surface area (Å²) in [6.45, 7) is 0. The second-order valence-corrected chi connectivity index (χ2v) is 4.07. The zero-order valence-electron chi connectivity index (χ0n) is 6.20. The van der Waals surface area contributed by atoms with E-state index in [1.165, 1.54) is 21.6 Å². The molecule has 0 radical (unpaired) electrons. The van der Waals surface area contributed by atoms with Gasteiger partial charge in [-0.1, -0.05) is 21.6 Å². The molecule has 0 aliphatic heterocycles. The molecule has 0 atom stereocenters. The van der Waals surface area contributed by atoms with Crippen molar-refractivity contribution >= 4 is 33.7 Å². The van der Waals surface area contributed by atoms with Gasteiger partial charge in [0.15, 0.2) is 0 Å². The van der Waals surface area contributed by atoms with Gasteiger partial charge in [0.25, 0.3) is 0 Å². The Hall–Kier alpha value is -0.760. The van der Waals surface area contributed by atoms with Gasteiger partial charge in [0, 0.05) is 0 Å². The standard InChI is InChI=1S/C4H10N4O2S2/c5-3(9)7-1-11-12-2-8-4(6)10/h1-2H2,(H3,5,7,9)(H3,6,8,10). The maximum absolute atomic E-state index is 10.1. The van der Waals surface area contributed by atoms with Gasteiger partial charge in [-0.15, -0.1) is 0 Å². The number of rotatable bonds is 5. The second-order valence-electron chi connectivity index (χ2n) is 1.61. The van der Waals surface area contributed by atoms with Crippen molar-refractivity contribution in [3.05, 3.63) is 0 Å². The van der Waals surface area contributed by atoms with Gasteiger partial charge in [0.05, 0.1) is 11.8 Å². The van der Waals surface area contributed by atoms with Crippen LogP contribution in [-0.4, -0.2) is 23.8 Å². The molecule has 0 bridgehead atoms. The number of hydrogen-bond donors (Lipinski definition) is 4. The van der Waals surface area contributed by atoms with Crippen LogP contribution in [0.25, 0.3) is 0 Å². The lowest BCUT2D eigenvalue weighted by Crippen LogP contribution is -2.29.